The summed E-state index contributed by atoms with van der Waals surface area (Å²) in [5, 5.41) is 9.05. The second-order valence-electron chi connectivity index (χ2n) is 15.2. The summed E-state index contributed by atoms with van der Waals surface area (Å²) in [5.74, 6) is 0.164. The van der Waals surface area contributed by atoms with Crippen molar-refractivity contribution in [2.45, 2.75) is 118 Å². The summed E-state index contributed by atoms with van der Waals surface area (Å²) in [6.45, 7) is 41.2. The number of ether oxygens (including phenoxy) is 2. The molecule has 394 valence electrons. The number of hydrogen-bond acceptors (Lipinski definition) is 13. The zero-order valence-electron chi connectivity index (χ0n) is 44.1. The van der Waals surface area contributed by atoms with E-state index in [0.29, 0.717) is 67.2 Å². The molecule has 3 N–H and O–H groups in total. The highest BCUT2D eigenvalue weighted by Gasteiger charge is 2.09. The van der Waals surface area contributed by atoms with Crippen molar-refractivity contribution >= 4 is 127 Å². The average molecular weight is 1090 g/mol. The van der Waals surface area contributed by atoms with Crippen LogP contribution in [0.1, 0.15) is 66.2 Å². The highest BCUT2D eigenvalue weighted by Crippen LogP contribution is 2.07. The lowest BCUT2D eigenvalue weighted by Crippen LogP contribution is -2.38. The predicted octanol–water partition coefficient (Wildman–Crippen LogP) is 3.19. The molecule has 0 heterocycles. The summed E-state index contributed by atoms with van der Waals surface area (Å²) >= 11 is 1.37. The van der Waals surface area contributed by atoms with E-state index in [2.05, 4.69) is 94.7 Å². The van der Waals surface area contributed by atoms with Gasteiger partial charge in [-0.05, 0) is 79.6 Å². The molecule has 22 heteroatoms. The molecule has 0 aliphatic heterocycles. The molecule has 69 heavy (non-hydrogen) atoms. The first-order valence-corrected chi connectivity index (χ1v) is 39.1. The van der Waals surface area contributed by atoms with Gasteiger partial charge in [-0.25, -0.2) is 9.59 Å². The van der Waals surface area contributed by atoms with Crippen molar-refractivity contribution in [1.82, 2.24) is 16.0 Å². The Hall–Kier alpha value is -4.05. The largest absolute Gasteiger partial charge is 0.449 e. The Balaban J connectivity index is -0.000000174. The van der Waals surface area contributed by atoms with Crippen LogP contribution in [0.25, 0.3) is 0 Å². The second-order valence-corrected chi connectivity index (χ2v) is 26.0. The molecule has 0 aliphatic rings. The minimum Gasteiger partial charge on any atom is -0.449 e. The van der Waals surface area contributed by atoms with Crippen molar-refractivity contribution in [2.24, 2.45) is 0 Å². The van der Waals surface area contributed by atoms with Crippen LogP contribution in [0.3, 0.4) is 0 Å². The number of Topliss-reactive ketones (excluding diaryl/α,β-unsaturated/α-hetero) is 5. The Morgan fingerprint density at radius 2 is 1.00 bits per heavy atom. The zero-order valence-corrected chi connectivity index (χ0v) is 53.4. The average Bonchev–Trinajstić information content (AvgIpc) is 3.30. The molecule has 0 atom stereocenters. The Morgan fingerprint density at radius 1 is 0.522 bits per heavy atom. The number of carbonyl (C=O) groups excluding carboxylic acids is 10. The van der Waals surface area contributed by atoms with Crippen LogP contribution < -0.4 is 16.0 Å². The lowest BCUT2D eigenvalue weighted by Gasteiger charge is -2.05. The van der Waals surface area contributed by atoms with Gasteiger partial charge < -0.3 is 25.4 Å². The number of thioether (sulfide) groups is 1. The van der Waals surface area contributed by atoms with Crippen molar-refractivity contribution < 1.29 is 57.4 Å². The molecule has 0 radical (unpaired) electrons. The van der Waals surface area contributed by atoms with Crippen molar-refractivity contribution in [1.29, 1.82) is 0 Å². The van der Waals surface area contributed by atoms with Crippen LogP contribution in [0.2, 0.25) is 51.4 Å². The predicted molar refractivity (Wildman–Crippen MR) is 307 cm³/mol. The van der Waals surface area contributed by atoms with Crippen LogP contribution in [-0.4, -0.2) is 159 Å². The van der Waals surface area contributed by atoms with Gasteiger partial charge in [0.15, 0.2) is 39.8 Å². The summed E-state index contributed by atoms with van der Waals surface area (Å²) in [5.41, 5.74) is 2.14. The van der Waals surface area contributed by atoms with Gasteiger partial charge in [0, 0.05) is 114 Å². The van der Waals surface area contributed by atoms with E-state index in [-0.39, 0.29) is 128 Å². The van der Waals surface area contributed by atoms with Crippen LogP contribution in [0.4, 0.5) is 9.59 Å². The molecule has 3 amide bonds. The van der Waals surface area contributed by atoms with Gasteiger partial charge >= 0.3 is 12.1 Å². The fourth-order valence-corrected chi connectivity index (χ4v) is 8.65. The number of hydrogen-bond donors (Lipinski definition) is 3. The van der Waals surface area contributed by atoms with E-state index >= 15 is 0 Å². The quantitative estimate of drug-likeness (QED) is 0.0382. The number of amides is 3. The van der Waals surface area contributed by atoms with Crippen molar-refractivity contribution in [3.8, 4) is 0 Å². The van der Waals surface area contributed by atoms with Crippen LogP contribution in [0.15, 0.2) is 73.9 Å². The van der Waals surface area contributed by atoms with Crippen LogP contribution >= 0.6 is 11.8 Å². The van der Waals surface area contributed by atoms with Gasteiger partial charge in [0.1, 0.15) is 12.4 Å². The highest BCUT2D eigenvalue weighted by molar-refractivity contribution is 8.14. The van der Waals surface area contributed by atoms with E-state index in [9.17, 15) is 47.9 Å². The minimum absolute atomic E-state index is 0.00448. The van der Waals surface area contributed by atoms with E-state index < -0.39 is 6.09 Å². The van der Waals surface area contributed by atoms with Gasteiger partial charge in [-0.1, -0.05) is 90.5 Å². The third kappa shape index (κ3) is 66.1. The van der Waals surface area contributed by atoms with E-state index in [0.717, 1.165) is 30.0 Å². The van der Waals surface area contributed by atoms with E-state index in [1.54, 1.807) is 27.7 Å². The Morgan fingerprint density at radius 3 is 1.42 bits per heavy atom. The lowest BCUT2D eigenvalue weighted by atomic mass is 10.1. The van der Waals surface area contributed by atoms with Crippen molar-refractivity contribution in [3.63, 3.8) is 0 Å². The molecule has 0 aromatic heterocycles. The van der Waals surface area contributed by atoms with Crippen molar-refractivity contribution in [2.75, 3.05) is 43.7 Å². The van der Waals surface area contributed by atoms with E-state index in [4.69, 9.17) is 9.47 Å². The minimum atomic E-state index is -0.436. The molecule has 0 rings (SSSR count). The van der Waals surface area contributed by atoms with Crippen molar-refractivity contribution in [3.05, 3.63) is 73.9 Å². The smallest absolute Gasteiger partial charge is 0.406 e. The fourth-order valence-electron chi connectivity index (χ4n) is 3.82. The SMILES string of the molecule is C=C(C)C(=O)CC(=O)C[SiH2]C.C=C(C)C(=O)CCNC(=O)NC[SiH2]C.C=C(C)C(=O)CCOC(=O)NC[SiH2]C.C=C(C)C(=O)CCOC[SiH2]C.C=CC(=O)CCC(=O)SC[SiH2]C.C=CC(=O)C[SiH2]C. The Kier molecular flexibility index (Phi) is 62.6. The van der Waals surface area contributed by atoms with Crippen LogP contribution in [0.5, 0.6) is 0 Å². The first kappa shape index (κ1) is 76.4. The summed E-state index contributed by atoms with van der Waals surface area (Å²) in [6, 6.07) is 1.23. The second kappa shape index (κ2) is 56.5. The fraction of sp³-hybridized carbons (Fsp3) is 0.532. The van der Waals surface area contributed by atoms with Gasteiger partial charge in [0.2, 0.25) is 0 Å². The number of urea groups is 1. The third-order valence-electron chi connectivity index (χ3n) is 7.86. The van der Waals surface area contributed by atoms with E-state index in [1.165, 1.54) is 23.9 Å². The normalized spacial score (nSPS) is 10.3. The molecular weight excluding hydrogens is 999 g/mol. The molecule has 0 aromatic carbocycles. The Labute approximate surface area is 432 Å². The number of carbonyl (C=O) groups is 10. The highest BCUT2D eigenvalue weighted by atomic mass is 32.2. The third-order valence-corrected chi connectivity index (χ3v) is 15.1. The summed E-state index contributed by atoms with van der Waals surface area (Å²) in [4.78, 5) is 109. The summed E-state index contributed by atoms with van der Waals surface area (Å²) < 4.78 is 9.98. The molecule has 0 saturated carbocycles. The molecule has 0 bridgehead atoms. The van der Waals surface area contributed by atoms with Gasteiger partial charge in [0.05, 0.1) is 13.0 Å². The Bertz CT molecular complexity index is 1600. The van der Waals surface area contributed by atoms with Gasteiger partial charge in [0.25, 0.3) is 0 Å². The molecule has 15 nitrogen and oxygen atoms in total. The topological polar surface area (TPSA) is 225 Å². The van der Waals surface area contributed by atoms with Crippen LogP contribution in [0, 0.1) is 0 Å². The maximum absolute atomic E-state index is 11.1. The molecule has 0 aliphatic carbocycles. The number of allylic oxidation sites excluding steroid dienone is 6. The first-order chi connectivity index (χ1) is 32.4. The molecule has 0 aromatic rings. The van der Waals surface area contributed by atoms with E-state index in [1.807, 2.05) is 0 Å². The number of alkyl carbamates (subject to hydrolysis) is 1. The lowest BCUT2D eigenvalue weighted by molar-refractivity contribution is -0.124. The number of rotatable bonds is 32. The first-order valence-electron chi connectivity index (χ1n) is 23.6. The maximum Gasteiger partial charge on any atom is 0.406 e. The molecule has 0 saturated heterocycles. The van der Waals surface area contributed by atoms with Gasteiger partial charge in [-0.2, -0.15) is 0 Å². The number of nitrogens with one attached hydrogen (secondary N) is 3. The summed E-state index contributed by atoms with van der Waals surface area (Å²) in [6.07, 6.45) is 6.41. The molecule has 0 fully saturated rings. The van der Waals surface area contributed by atoms with Gasteiger partial charge in [-0.3, -0.25) is 38.4 Å². The number of ketones is 7. The van der Waals surface area contributed by atoms with Crippen LogP contribution in [-0.2, 0) is 47.8 Å². The molecular formula is C47H89N3O12SSi6. The summed E-state index contributed by atoms with van der Waals surface area (Å²) in [7, 11) is -0.644. The zero-order chi connectivity index (χ0) is 54.6. The monoisotopic (exact) mass is 1090 g/mol. The maximum atomic E-state index is 11.1. The molecule has 0 spiro atoms. The molecule has 0 unspecified atom stereocenters. The van der Waals surface area contributed by atoms with Gasteiger partial charge in [-0.15, -0.1) is 0 Å². The standard InChI is InChI=1S/C9H18N2O2Si.C9H17NO3Si.C8H14O2SSi.C8H14O2Si.C8H16O2Si.C5H10OSi/c1-7(2)8(12)4-5-10-9(13)11-6-14-3;1-7(2)8(11)4-5-13-9(12)10-6-14-3;1-3-7(9)4-5-8(10)11-6-12-2;1-6(2)8(10)4-7(9)5-11-3;1-7(2)8(9)4-5-10-6-11-3;1-3-5(6)4-7-2/h1,4-6,14H2,2-3H3,(H2,10,11,13);1,4-6,14H2,2-3H3,(H,10,12);3H,1,4-6,12H2,2H3;1,4-5,11H2,2-3H3;1,4-6,11H2,2-3H3;3H,1,4,7H2,2H3.